The fourth-order valence-corrected chi connectivity index (χ4v) is 10.0. The summed E-state index contributed by atoms with van der Waals surface area (Å²) in [5.41, 5.74) is -3.93. The van der Waals surface area contributed by atoms with E-state index in [2.05, 4.69) is 0 Å². The van der Waals surface area contributed by atoms with E-state index < -0.39 is 120 Å². The van der Waals surface area contributed by atoms with Crippen LogP contribution in [-0.2, 0) is 47.5 Å². The molecule has 3 aliphatic heterocycles. The third kappa shape index (κ3) is 11.2. The normalized spacial score (nSPS) is 47.3. The molecule has 4 rings (SSSR count). The van der Waals surface area contributed by atoms with E-state index in [0.717, 1.165) is 0 Å². The van der Waals surface area contributed by atoms with Crippen LogP contribution in [-0.4, -0.2) is 179 Å². The molecule has 0 radical (unpaired) electrons. The second-order valence-electron chi connectivity index (χ2n) is 19.4. The fourth-order valence-electron chi connectivity index (χ4n) is 10.0. The first-order valence-corrected chi connectivity index (χ1v) is 21.8. The van der Waals surface area contributed by atoms with Crippen molar-refractivity contribution in [1.29, 1.82) is 0 Å². The summed E-state index contributed by atoms with van der Waals surface area (Å²) in [6.45, 7) is 17.7. The number of methoxy groups -OCH3 is 1. The Bertz CT molecular complexity index is 1420. The fraction of sp³-hybridized carbons (Fsp3) is 0.953. The van der Waals surface area contributed by atoms with E-state index in [4.69, 9.17) is 37.9 Å². The third-order valence-electron chi connectivity index (χ3n) is 14.0. The lowest BCUT2D eigenvalue weighted by atomic mass is 9.77. The van der Waals surface area contributed by atoms with E-state index >= 15 is 0 Å². The zero-order valence-corrected chi connectivity index (χ0v) is 38.6. The molecular formula is C43H78N2O15. The van der Waals surface area contributed by atoms with Crippen LogP contribution in [0, 0.1) is 29.1 Å². The number of ether oxygens (including phenoxy) is 8. The van der Waals surface area contributed by atoms with E-state index in [1.54, 1.807) is 34.6 Å². The molecule has 3 saturated heterocycles. The molecule has 60 heavy (non-hydrogen) atoms. The minimum Gasteiger partial charge on any atom is -0.467 e. The van der Waals surface area contributed by atoms with Crippen LogP contribution in [0.25, 0.3) is 0 Å². The Labute approximate surface area is 357 Å². The van der Waals surface area contributed by atoms with Crippen molar-refractivity contribution in [1.82, 2.24) is 9.80 Å². The molecule has 4 fully saturated rings. The molecule has 17 heteroatoms. The van der Waals surface area contributed by atoms with Crippen molar-refractivity contribution in [3.8, 4) is 0 Å². The number of esters is 2. The summed E-state index contributed by atoms with van der Waals surface area (Å²) < 4.78 is 49.0. The molecule has 1 aliphatic carbocycles. The first-order valence-electron chi connectivity index (χ1n) is 21.8. The Morgan fingerprint density at radius 3 is 2.18 bits per heavy atom. The number of aliphatic hydroxyl groups excluding tert-OH is 3. The van der Waals surface area contributed by atoms with Crippen LogP contribution in [0.15, 0.2) is 0 Å². The SMILES string of the molecule is CC[C@H]1OC(=O)[C@H](C)[C@@H](O[C@@H]2O[C@@H](C)[C@H](O)[C@]3(C)CC23)[C@H](C)[C@@H](O[C@@H]2O[C@H](C)C[C@H](N(C)C)[C@H]2OC(O)O[C@H](C)C(=O)OC)[C@](C)(O)C[C@@H](C)CN(C)[C@H](C)[C@@H](O)[C@]1(C)O. The molecule has 0 aromatic rings. The zero-order chi connectivity index (χ0) is 45.4. The number of hydrogen-bond donors (Lipinski definition) is 5. The van der Waals surface area contributed by atoms with Gasteiger partial charge in [-0.15, -0.1) is 0 Å². The molecule has 350 valence electrons. The van der Waals surface area contributed by atoms with Gasteiger partial charge in [0.1, 0.15) is 23.9 Å². The lowest BCUT2D eigenvalue weighted by Gasteiger charge is -2.49. The number of hydrogen-bond acceptors (Lipinski definition) is 17. The predicted molar refractivity (Wildman–Crippen MR) is 218 cm³/mol. The maximum atomic E-state index is 14.4. The van der Waals surface area contributed by atoms with Crippen LogP contribution in [0.2, 0.25) is 0 Å². The highest BCUT2D eigenvalue weighted by Gasteiger charge is 2.65. The van der Waals surface area contributed by atoms with Crippen LogP contribution >= 0.6 is 0 Å². The Morgan fingerprint density at radius 2 is 1.60 bits per heavy atom. The average Bonchev–Trinajstić information content (AvgIpc) is 3.87. The molecule has 4 aliphatic rings. The van der Waals surface area contributed by atoms with E-state index in [0.29, 0.717) is 19.4 Å². The molecule has 0 amide bonds. The van der Waals surface area contributed by atoms with Crippen LogP contribution in [0.5, 0.6) is 0 Å². The lowest BCUT2D eigenvalue weighted by molar-refractivity contribution is -0.364. The second-order valence-corrected chi connectivity index (χ2v) is 19.4. The van der Waals surface area contributed by atoms with Gasteiger partial charge in [-0.3, -0.25) is 4.79 Å². The number of nitrogens with zero attached hydrogens (tertiary/aromatic N) is 2. The minimum absolute atomic E-state index is 0.172. The third-order valence-corrected chi connectivity index (χ3v) is 14.0. The molecule has 0 aromatic carbocycles. The first kappa shape index (κ1) is 51.1. The predicted octanol–water partition coefficient (Wildman–Crippen LogP) is 2.01. The summed E-state index contributed by atoms with van der Waals surface area (Å²) in [6, 6.07) is -0.976. The van der Waals surface area contributed by atoms with Crippen LogP contribution in [0.1, 0.15) is 102 Å². The Kier molecular flexibility index (Phi) is 17.1. The summed E-state index contributed by atoms with van der Waals surface area (Å²) in [7, 11) is 6.74. The van der Waals surface area contributed by atoms with Gasteiger partial charge in [-0.05, 0) is 101 Å². The Hall–Kier alpha value is -1.58. The molecular weight excluding hydrogens is 784 g/mol. The zero-order valence-electron chi connectivity index (χ0n) is 38.6. The number of cyclic esters (lactones) is 1. The van der Waals surface area contributed by atoms with E-state index in [-0.39, 0.29) is 30.8 Å². The van der Waals surface area contributed by atoms with Gasteiger partial charge >= 0.3 is 11.9 Å². The molecule has 21 atom stereocenters. The van der Waals surface area contributed by atoms with Gasteiger partial charge in [-0.1, -0.05) is 27.7 Å². The van der Waals surface area contributed by atoms with Crippen molar-refractivity contribution in [2.24, 2.45) is 29.1 Å². The maximum Gasteiger partial charge on any atom is 0.334 e. The van der Waals surface area contributed by atoms with Gasteiger partial charge in [-0.25, -0.2) is 4.79 Å². The average molecular weight is 863 g/mol. The minimum atomic E-state index is -1.89. The molecule has 2 unspecified atom stereocenters. The van der Waals surface area contributed by atoms with Crippen molar-refractivity contribution in [3.63, 3.8) is 0 Å². The van der Waals surface area contributed by atoms with Gasteiger partial charge in [-0.2, -0.15) is 0 Å². The van der Waals surface area contributed by atoms with Crippen LogP contribution in [0.3, 0.4) is 0 Å². The van der Waals surface area contributed by atoms with Crippen LogP contribution < -0.4 is 0 Å². The maximum absolute atomic E-state index is 14.4. The number of rotatable bonds is 11. The van der Waals surface area contributed by atoms with Gasteiger partial charge in [0.05, 0.1) is 49.1 Å². The molecule has 0 spiro atoms. The summed E-state index contributed by atoms with van der Waals surface area (Å²) in [5.74, 6) is -3.64. The number of fused-ring (bicyclic) bond motifs is 1. The monoisotopic (exact) mass is 863 g/mol. The van der Waals surface area contributed by atoms with Gasteiger partial charge < -0.3 is 73.2 Å². The summed E-state index contributed by atoms with van der Waals surface area (Å²) in [6.07, 6.45) is -8.97. The van der Waals surface area contributed by atoms with Gasteiger partial charge in [0, 0.05) is 35.9 Å². The number of carbonyl (C=O) groups excluding carboxylic acids is 2. The molecule has 17 nitrogen and oxygen atoms in total. The van der Waals surface area contributed by atoms with Crippen molar-refractivity contribution in [3.05, 3.63) is 0 Å². The molecule has 0 aromatic heterocycles. The van der Waals surface area contributed by atoms with Crippen molar-refractivity contribution in [2.45, 2.75) is 199 Å². The Morgan fingerprint density at radius 1 is 0.967 bits per heavy atom. The van der Waals surface area contributed by atoms with Gasteiger partial charge in [0.2, 0.25) is 0 Å². The van der Waals surface area contributed by atoms with Crippen molar-refractivity contribution < 1.29 is 73.0 Å². The topological polar surface area (TPSA) is 216 Å². The highest BCUT2D eigenvalue weighted by molar-refractivity contribution is 5.74. The van der Waals surface area contributed by atoms with Gasteiger partial charge in [0.25, 0.3) is 6.48 Å². The molecule has 1 saturated carbocycles. The molecule has 5 N–H and O–H groups in total. The quantitative estimate of drug-likeness (QED) is 0.148. The Balaban J connectivity index is 1.83. The van der Waals surface area contributed by atoms with E-state index in [9.17, 15) is 35.1 Å². The number of likely N-dealkylation sites (N-methyl/N-ethyl adjacent to an activating group) is 2. The standard InChI is InChI=1S/C43H78N2O15/c1-16-30-43(11,52)33(46)25(6)45(14)20-21(2)18-42(10,51)35(23(4)31(24(5)36(48)57-30)58-38-28-19-41(28,9)34(47)26(7)55-38)60-39-32(29(44(12)13)17-22(3)54-39)59-40(50)56-27(8)37(49)53-15/h21-35,38-40,46-47,50-52H,16-20H2,1-15H3/t21-,22-,23+,24-,25-,26+,27-,28?,29+,30-,31+,32-,33-,34+,35-,38+,39+,40?,41-,42-,43-/m1/s1. The van der Waals surface area contributed by atoms with E-state index in [1.165, 1.54) is 21.0 Å². The first-order chi connectivity index (χ1) is 27.7. The lowest BCUT2D eigenvalue weighted by Crippen LogP contribution is -2.61. The summed E-state index contributed by atoms with van der Waals surface area (Å²) >= 11 is 0. The molecule has 3 heterocycles. The second kappa shape index (κ2) is 20.1. The van der Waals surface area contributed by atoms with Gasteiger partial charge in [0.15, 0.2) is 18.7 Å². The number of aliphatic hydroxyl groups is 5. The van der Waals surface area contributed by atoms with E-state index in [1.807, 2.05) is 58.6 Å². The van der Waals surface area contributed by atoms with Crippen molar-refractivity contribution >= 4 is 11.9 Å². The summed E-state index contributed by atoms with van der Waals surface area (Å²) in [4.78, 5) is 30.4. The highest BCUT2D eigenvalue weighted by atomic mass is 16.8. The highest BCUT2D eigenvalue weighted by Crippen LogP contribution is 2.61. The largest absolute Gasteiger partial charge is 0.467 e. The molecule has 0 bridgehead atoms. The number of carbonyl (C=O) groups is 2. The smallest absolute Gasteiger partial charge is 0.334 e. The summed E-state index contributed by atoms with van der Waals surface area (Å²) in [5, 5.41) is 58.2. The van der Waals surface area contributed by atoms with Crippen LogP contribution in [0.4, 0.5) is 0 Å². The van der Waals surface area contributed by atoms with Crippen molar-refractivity contribution in [2.75, 3.05) is 34.8 Å².